The van der Waals surface area contributed by atoms with Gasteiger partial charge in [-0.05, 0) is 12.1 Å². The van der Waals surface area contributed by atoms with Gasteiger partial charge in [0.05, 0.1) is 4.92 Å². The molecule has 94 valence electrons. The number of carbonyl (C=O) groups excluding carboxylic acids is 1. The van der Waals surface area contributed by atoms with Gasteiger partial charge in [-0.3, -0.25) is 14.9 Å². The highest BCUT2D eigenvalue weighted by Crippen LogP contribution is 2.27. The van der Waals surface area contributed by atoms with E-state index in [4.69, 9.17) is 16.7 Å². The van der Waals surface area contributed by atoms with Gasteiger partial charge in [0.2, 0.25) is 5.91 Å². The second-order valence-electron chi connectivity index (χ2n) is 3.08. The van der Waals surface area contributed by atoms with E-state index < -0.39 is 16.8 Å². The molecule has 2 N–H and O–H groups in total. The Morgan fingerprint density at radius 3 is 2.61 bits per heavy atom. The number of halogens is 1. The van der Waals surface area contributed by atoms with Gasteiger partial charge in [-0.2, -0.15) is 0 Å². The minimum atomic E-state index is -1.30. The van der Waals surface area contributed by atoms with Crippen LogP contribution in [0, 0.1) is 10.1 Å². The number of carboxylic acid groups (broad SMARTS) is 1. The van der Waals surface area contributed by atoms with Crippen LogP contribution in [0.2, 0.25) is 5.02 Å². The zero-order chi connectivity index (χ0) is 13.7. The number of nitrogens with one attached hydrogen (secondary N) is 1. The van der Waals surface area contributed by atoms with Crippen molar-refractivity contribution in [3.05, 3.63) is 45.5 Å². The fraction of sp³-hybridized carbons (Fsp3) is 0. The molecule has 0 aliphatic heterocycles. The van der Waals surface area contributed by atoms with Crippen LogP contribution in [0.5, 0.6) is 0 Å². The summed E-state index contributed by atoms with van der Waals surface area (Å²) >= 11 is 5.59. The van der Waals surface area contributed by atoms with Crippen molar-refractivity contribution in [3.63, 3.8) is 0 Å². The smallest absolute Gasteiger partial charge is 0.328 e. The minimum absolute atomic E-state index is 0.0653. The number of carboxylic acids is 1. The Morgan fingerprint density at radius 2 is 2.06 bits per heavy atom. The number of amides is 1. The van der Waals surface area contributed by atoms with Crippen molar-refractivity contribution < 1.29 is 19.6 Å². The maximum Gasteiger partial charge on any atom is 0.328 e. The second-order valence-corrected chi connectivity index (χ2v) is 3.52. The summed E-state index contributed by atoms with van der Waals surface area (Å²) < 4.78 is 0. The van der Waals surface area contributed by atoms with Gasteiger partial charge in [0.1, 0.15) is 5.69 Å². The summed E-state index contributed by atoms with van der Waals surface area (Å²) in [5.74, 6) is -2.08. The number of hydrogen-bond donors (Lipinski definition) is 2. The number of hydrogen-bond acceptors (Lipinski definition) is 4. The number of carbonyl (C=O) groups is 2. The number of nitro benzene ring substituents is 1. The molecular weight excluding hydrogens is 264 g/mol. The first-order valence-corrected chi connectivity index (χ1v) is 4.94. The third-order valence-corrected chi connectivity index (χ3v) is 2.03. The van der Waals surface area contributed by atoms with E-state index in [2.05, 4.69) is 5.32 Å². The Kier molecular flexibility index (Phi) is 4.39. The molecule has 1 aromatic rings. The van der Waals surface area contributed by atoms with Crippen LogP contribution in [0.15, 0.2) is 30.4 Å². The lowest BCUT2D eigenvalue weighted by atomic mass is 10.2. The van der Waals surface area contributed by atoms with Crippen molar-refractivity contribution in [3.8, 4) is 0 Å². The molecule has 0 spiro atoms. The van der Waals surface area contributed by atoms with Crippen molar-refractivity contribution in [1.29, 1.82) is 0 Å². The molecule has 8 heteroatoms. The molecule has 1 amide bonds. The molecule has 0 heterocycles. The highest BCUT2D eigenvalue weighted by atomic mass is 35.5. The van der Waals surface area contributed by atoms with Gasteiger partial charge in [0.25, 0.3) is 5.69 Å². The first-order chi connectivity index (χ1) is 8.40. The molecule has 1 aromatic carbocycles. The van der Waals surface area contributed by atoms with Crippen LogP contribution in [0.25, 0.3) is 0 Å². The van der Waals surface area contributed by atoms with Gasteiger partial charge in [0, 0.05) is 23.2 Å². The predicted octanol–water partition coefficient (Wildman–Crippen LogP) is 1.83. The zero-order valence-electron chi connectivity index (χ0n) is 8.79. The topological polar surface area (TPSA) is 110 Å². The molecule has 18 heavy (non-hydrogen) atoms. The summed E-state index contributed by atoms with van der Waals surface area (Å²) in [6, 6.07) is 3.70. The average Bonchev–Trinajstić information content (AvgIpc) is 2.28. The van der Waals surface area contributed by atoms with E-state index in [1.807, 2.05) is 0 Å². The van der Waals surface area contributed by atoms with Crippen molar-refractivity contribution in [1.82, 2.24) is 0 Å². The summed E-state index contributed by atoms with van der Waals surface area (Å²) in [5, 5.41) is 21.4. The van der Waals surface area contributed by atoms with Gasteiger partial charge >= 0.3 is 5.97 Å². The third-order valence-electron chi connectivity index (χ3n) is 1.79. The number of nitrogens with zero attached hydrogens (tertiary/aromatic N) is 1. The minimum Gasteiger partial charge on any atom is -0.478 e. The van der Waals surface area contributed by atoms with Gasteiger partial charge in [0.15, 0.2) is 0 Å². The number of benzene rings is 1. The van der Waals surface area contributed by atoms with Crippen LogP contribution in [0.3, 0.4) is 0 Å². The van der Waals surface area contributed by atoms with Crippen molar-refractivity contribution in [2.75, 3.05) is 5.32 Å². The normalized spacial score (nSPS) is 10.3. The molecule has 0 saturated heterocycles. The van der Waals surface area contributed by atoms with Crippen LogP contribution in [0.1, 0.15) is 0 Å². The highest BCUT2D eigenvalue weighted by Gasteiger charge is 2.15. The molecule has 0 saturated carbocycles. The SMILES string of the molecule is O=C(O)/C=C\C(=O)Nc1ccc(Cl)cc1[N+](=O)[O-]. The largest absolute Gasteiger partial charge is 0.478 e. The van der Waals surface area contributed by atoms with Gasteiger partial charge in [-0.15, -0.1) is 0 Å². The first-order valence-electron chi connectivity index (χ1n) is 4.56. The Morgan fingerprint density at radius 1 is 1.39 bits per heavy atom. The van der Waals surface area contributed by atoms with Gasteiger partial charge < -0.3 is 10.4 Å². The van der Waals surface area contributed by atoms with Crippen LogP contribution in [-0.2, 0) is 9.59 Å². The van der Waals surface area contributed by atoms with Crippen molar-refractivity contribution >= 4 is 34.9 Å². The van der Waals surface area contributed by atoms with E-state index >= 15 is 0 Å². The maximum atomic E-state index is 11.3. The zero-order valence-corrected chi connectivity index (χ0v) is 9.55. The van der Waals surface area contributed by atoms with E-state index in [0.717, 1.165) is 12.1 Å². The maximum absolute atomic E-state index is 11.3. The Labute approximate surface area is 106 Å². The molecular formula is C10H7ClN2O5. The Hall–Kier alpha value is -2.41. The average molecular weight is 271 g/mol. The van der Waals surface area contributed by atoms with Crippen LogP contribution in [-0.4, -0.2) is 21.9 Å². The summed E-state index contributed by atoms with van der Waals surface area (Å²) in [7, 11) is 0. The number of aliphatic carboxylic acids is 1. The van der Waals surface area contributed by atoms with Crippen LogP contribution >= 0.6 is 11.6 Å². The molecule has 1 rings (SSSR count). The summed E-state index contributed by atoms with van der Waals surface area (Å²) in [5.41, 5.74) is -0.441. The Bertz CT molecular complexity index is 541. The molecule has 0 radical (unpaired) electrons. The first kappa shape index (κ1) is 13.7. The molecule has 0 aromatic heterocycles. The molecule has 0 aliphatic carbocycles. The molecule has 0 atom stereocenters. The van der Waals surface area contributed by atoms with Crippen molar-refractivity contribution in [2.45, 2.75) is 0 Å². The molecule has 7 nitrogen and oxygen atoms in total. The monoisotopic (exact) mass is 270 g/mol. The summed E-state index contributed by atoms with van der Waals surface area (Å²) in [6.07, 6.45) is 1.37. The lowest BCUT2D eigenvalue weighted by molar-refractivity contribution is -0.383. The number of anilines is 1. The summed E-state index contributed by atoms with van der Waals surface area (Å²) in [6.45, 7) is 0. The van der Waals surface area contributed by atoms with E-state index in [0.29, 0.717) is 6.08 Å². The predicted molar refractivity (Wildman–Crippen MR) is 63.5 cm³/mol. The quantitative estimate of drug-likeness (QED) is 0.493. The molecule has 0 aliphatic rings. The number of nitro groups is 1. The standard InChI is InChI=1S/C10H7ClN2O5/c11-6-1-2-7(8(5-6)13(17)18)12-9(14)3-4-10(15)16/h1-5H,(H,12,14)(H,15,16)/b4-3-. The lowest BCUT2D eigenvalue weighted by Gasteiger charge is -2.03. The fourth-order valence-corrected chi connectivity index (χ4v) is 1.25. The molecule has 0 bridgehead atoms. The van der Waals surface area contributed by atoms with Crippen LogP contribution < -0.4 is 5.32 Å². The highest BCUT2D eigenvalue weighted by molar-refractivity contribution is 6.31. The Balaban J connectivity index is 2.94. The summed E-state index contributed by atoms with van der Waals surface area (Å²) in [4.78, 5) is 31.4. The van der Waals surface area contributed by atoms with E-state index in [-0.39, 0.29) is 16.4 Å². The molecule has 0 unspecified atom stereocenters. The van der Waals surface area contributed by atoms with Gasteiger partial charge in [-0.1, -0.05) is 11.6 Å². The van der Waals surface area contributed by atoms with Gasteiger partial charge in [-0.25, -0.2) is 4.79 Å². The molecule has 0 fully saturated rings. The van der Waals surface area contributed by atoms with E-state index in [9.17, 15) is 19.7 Å². The van der Waals surface area contributed by atoms with Crippen molar-refractivity contribution in [2.24, 2.45) is 0 Å². The number of rotatable bonds is 4. The van der Waals surface area contributed by atoms with E-state index in [1.165, 1.54) is 12.1 Å². The fourth-order valence-electron chi connectivity index (χ4n) is 1.08. The van der Waals surface area contributed by atoms with Crippen LogP contribution in [0.4, 0.5) is 11.4 Å². The van der Waals surface area contributed by atoms with E-state index in [1.54, 1.807) is 0 Å². The third kappa shape index (κ3) is 3.87. The second kappa shape index (κ2) is 5.78. The lowest BCUT2D eigenvalue weighted by Crippen LogP contribution is -2.10.